The molecule has 0 saturated heterocycles. The third-order valence-corrected chi connectivity index (χ3v) is 7.36. The van der Waals surface area contributed by atoms with Crippen LogP contribution in [0.3, 0.4) is 0 Å². The summed E-state index contributed by atoms with van der Waals surface area (Å²) in [7, 11) is -3.94. The first-order chi connectivity index (χ1) is 14.0. The minimum atomic E-state index is -3.94. The van der Waals surface area contributed by atoms with E-state index in [1.54, 1.807) is 30.5 Å². The van der Waals surface area contributed by atoms with Gasteiger partial charge < -0.3 is 10.2 Å². The van der Waals surface area contributed by atoms with E-state index in [1.165, 1.54) is 18.7 Å². The summed E-state index contributed by atoms with van der Waals surface area (Å²) >= 11 is 1.11. The number of aromatic nitrogens is 5. The smallest absolute Gasteiger partial charge is 0.280 e. The van der Waals surface area contributed by atoms with Gasteiger partial charge in [-0.3, -0.25) is 4.98 Å². The maximum absolute atomic E-state index is 13.3. The molecule has 0 bridgehead atoms. The number of nitrogens with two attached hydrogens (primary N) is 1. The van der Waals surface area contributed by atoms with Gasteiger partial charge in [0.05, 0.1) is 16.8 Å². The van der Waals surface area contributed by atoms with E-state index in [1.807, 2.05) is 12.1 Å². The van der Waals surface area contributed by atoms with Crippen LogP contribution in [0.15, 0.2) is 69.9 Å². The predicted molar refractivity (Wildman–Crippen MR) is 108 cm³/mol. The number of rotatable bonds is 4. The number of furan rings is 1. The molecule has 5 aromatic rings. The van der Waals surface area contributed by atoms with Crippen molar-refractivity contribution in [1.82, 2.24) is 23.9 Å². The quantitative estimate of drug-likeness (QED) is 0.466. The standard InChI is InChI=1S/C18H12N6O3S2/c19-18-22-15(12-5-3-9-27-12)16-17(23-18)24(10-21-16)29(25,26)14-7-6-13(28-14)11-4-1-2-8-20-11/h1-10H,(H2,19,22,23). The lowest BCUT2D eigenvalue weighted by molar-refractivity contribution is 0.580. The fourth-order valence-corrected chi connectivity index (χ4v) is 5.47. The summed E-state index contributed by atoms with van der Waals surface area (Å²) in [4.78, 5) is 17.5. The monoisotopic (exact) mass is 424 g/mol. The van der Waals surface area contributed by atoms with Gasteiger partial charge in [0.2, 0.25) is 5.95 Å². The molecule has 0 aromatic carbocycles. The van der Waals surface area contributed by atoms with Crippen molar-refractivity contribution in [1.29, 1.82) is 0 Å². The van der Waals surface area contributed by atoms with Gasteiger partial charge in [-0.05, 0) is 36.4 Å². The van der Waals surface area contributed by atoms with Crippen molar-refractivity contribution in [2.75, 3.05) is 5.73 Å². The van der Waals surface area contributed by atoms with Crippen molar-refractivity contribution >= 4 is 38.5 Å². The van der Waals surface area contributed by atoms with Crippen molar-refractivity contribution in [3.63, 3.8) is 0 Å². The summed E-state index contributed by atoms with van der Waals surface area (Å²) < 4.78 is 33.0. The van der Waals surface area contributed by atoms with Crippen molar-refractivity contribution in [2.24, 2.45) is 0 Å². The van der Waals surface area contributed by atoms with E-state index in [4.69, 9.17) is 10.2 Å². The number of fused-ring (bicyclic) bond motifs is 1. The van der Waals surface area contributed by atoms with Crippen LogP contribution in [0.2, 0.25) is 0 Å². The van der Waals surface area contributed by atoms with Gasteiger partial charge in [-0.15, -0.1) is 11.3 Å². The number of nitrogens with zero attached hydrogens (tertiary/aromatic N) is 5. The number of nitrogen functional groups attached to an aromatic ring is 1. The molecule has 0 saturated carbocycles. The first kappa shape index (κ1) is 17.5. The number of hydrogen-bond acceptors (Lipinski definition) is 9. The molecule has 2 N–H and O–H groups in total. The fraction of sp³-hybridized carbons (Fsp3) is 0. The summed E-state index contributed by atoms with van der Waals surface area (Å²) in [6.45, 7) is 0. The van der Waals surface area contributed by atoms with Crippen molar-refractivity contribution in [2.45, 2.75) is 4.21 Å². The van der Waals surface area contributed by atoms with Gasteiger partial charge in [-0.1, -0.05) is 6.07 Å². The Labute approximate surface area is 168 Å². The molecule has 0 atom stereocenters. The number of thiophene rings is 1. The summed E-state index contributed by atoms with van der Waals surface area (Å²) in [6, 6.07) is 12.1. The second-order valence-electron chi connectivity index (χ2n) is 5.96. The summed E-state index contributed by atoms with van der Waals surface area (Å²) in [5.41, 5.74) is 7.19. The molecule has 0 amide bonds. The third kappa shape index (κ3) is 2.87. The minimum Gasteiger partial charge on any atom is -0.463 e. The fourth-order valence-electron chi connectivity index (χ4n) is 2.86. The van der Waals surface area contributed by atoms with Crippen molar-refractivity contribution in [3.05, 3.63) is 61.3 Å². The third-order valence-electron chi connectivity index (χ3n) is 4.15. The van der Waals surface area contributed by atoms with Crippen LogP contribution >= 0.6 is 11.3 Å². The topological polar surface area (TPSA) is 130 Å². The molecule has 0 fully saturated rings. The molecule has 0 aliphatic rings. The Hall–Kier alpha value is -3.57. The van der Waals surface area contributed by atoms with Crippen LogP contribution in [0.5, 0.6) is 0 Å². The Morgan fingerprint density at radius 3 is 2.69 bits per heavy atom. The first-order valence-corrected chi connectivity index (χ1v) is 10.6. The van der Waals surface area contributed by atoms with Crippen LogP contribution in [0.4, 0.5) is 5.95 Å². The lowest BCUT2D eigenvalue weighted by atomic mass is 10.3. The Morgan fingerprint density at radius 1 is 1.03 bits per heavy atom. The predicted octanol–water partition coefficient (Wildman–Crippen LogP) is 3.03. The van der Waals surface area contributed by atoms with Crippen LogP contribution in [0.1, 0.15) is 0 Å². The van der Waals surface area contributed by atoms with Crippen molar-refractivity contribution < 1.29 is 12.8 Å². The lowest BCUT2D eigenvalue weighted by Crippen LogP contribution is -2.12. The van der Waals surface area contributed by atoms with Gasteiger partial charge in [0, 0.05) is 6.20 Å². The van der Waals surface area contributed by atoms with Gasteiger partial charge in [0.25, 0.3) is 10.0 Å². The molecule has 5 rings (SSSR count). The maximum Gasteiger partial charge on any atom is 0.280 e. The van der Waals surface area contributed by atoms with E-state index in [0.717, 1.165) is 20.2 Å². The number of anilines is 1. The second kappa shape index (κ2) is 6.50. The zero-order valence-electron chi connectivity index (χ0n) is 14.6. The average molecular weight is 424 g/mol. The van der Waals surface area contributed by atoms with Crippen LogP contribution in [-0.2, 0) is 10.0 Å². The molecular weight excluding hydrogens is 412 g/mol. The van der Waals surface area contributed by atoms with E-state index < -0.39 is 10.0 Å². The Morgan fingerprint density at radius 2 is 1.93 bits per heavy atom. The highest BCUT2D eigenvalue weighted by atomic mass is 32.2. The van der Waals surface area contributed by atoms with Crippen LogP contribution < -0.4 is 5.73 Å². The van der Waals surface area contributed by atoms with E-state index in [2.05, 4.69) is 19.9 Å². The zero-order valence-corrected chi connectivity index (χ0v) is 16.3. The molecule has 9 nitrogen and oxygen atoms in total. The molecule has 0 aliphatic heterocycles. The highest BCUT2D eigenvalue weighted by Crippen LogP contribution is 2.33. The zero-order chi connectivity index (χ0) is 20.0. The molecule has 144 valence electrons. The van der Waals surface area contributed by atoms with E-state index >= 15 is 0 Å². The first-order valence-electron chi connectivity index (χ1n) is 8.35. The average Bonchev–Trinajstić information content (AvgIpc) is 3.47. The van der Waals surface area contributed by atoms with E-state index in [-0.39, 0.29) is 21.3 Å². The van der Waals surface area contributed by atoms with Gasteiger partial charge in [-0.2, -0.15) is 13.4 Å². The molecular formula is C18H12N6O3S2. The summed E-state index contributed by atoms with van der Waals surface area (Å²) in [5.74, 6) is 0.335. The Kier molecular flexibility index (Phi) is 3.93. The molecule has 5 aromatic heterocycles. The number of hydrogen-bond donors (Lipinski definition) is 1. The Bertz CT molecular complexity index is 1420. The summed E-state index contributed by atoms with van der Waals surface area (Å²) in [6.07, 6.45) is 4.33. The van der Waals surface area contributed by atoms with E-state index in [9.17, 15) is 8.42 Å². The normalized spacial score (nSPS) is 11.9. The number of pyridine rings is 1. The summed E-state index contributed by atoms with van der Waals surface area (Å²) in [5, 5.41) is 0. The maximum atomic E-state index is 13.3. The minimum absolute atomic E-state index is 0.0803. The highest BCUT2D eigenvalue weighted by molar-refractivity contribution is 7.92. The lowest BCUT2D eigenvalue weighted by Gasteiger charge is -2.05. The number of imidazole rings is 1. The highest BCUT2D eigenvalue weighted by Gasteiger charge is 2.25. The molecule has 29 heavy (non-hydrogen) atoms. The van der Waals surface area contributed by atoms with Crippen molar-refractivity contribution in [3.8, 4) is 22.0 Å². The molecule has 0 unspecified atom stereocenters. The van der Waals surface area contributed by atoms with Gasteiger partial charge in [0.1, 0.15) is 21.7 Å². The second-order valence-corrected chi connectivity index (χ2v) is 9.08. The SMILES string of the molecule is Nc1nc(-c2ccco2)c2ncn(S(=O)(=O)c3ccc(-c4ccccn4)s3)c2n1. The van der Waals surface area contributed by atoms with Crippen LogP contribution in [0.25, 0.3) is 33.2 Å². The molecule has 5 heterocycles. The molecule has 0 radical (unpaired) electrons. The van der Waals surface area contributed by atoms with Gasteiger partial charge in [-0.25, -0.2) is 13.9 Å². The Balaban J connectivity index is 1.65. The molecule has 0 spiro atoms. The largest absolute Gasteiger partial charge is 0.463 e. The molecule has 0 aliphatic carbocycles. The van der Waals surface area contributed by atoms with Crippen LogP contribution in [0, 0.1) is 0 Å². The molecule has 11 heteroatoms. The van der Waals surface area contributed by atoms with Gasteiger partial charge in [0.15, 0.2) is 11.4 Å². The van der Waals surface area contributed by atoms with Gasteiger partial charge >= 0.3 is 0 Å². The van der Waals surface area contributed by atoms with Crippen LogP contribution in [-0.4, -0.2) is 32.3 Å². The van der Waals surface area contributed by atoms with E-state index in [0.29, 0.717) is 17.1 Å².